The molecule has 2 nitrogen and oxygen atoms in total. The van der Waals surface area contributed by atoms with Gasteiger partial charge in [-0.1, -0.05) is 39.1 Å². The summed E-state index contributed by atoms with van der Waals surface area (Å²) >= 11 is 5.02. The molecule has 0 saturated heterocycles. The lowest BCUT2D eigenvalue weighted by atomic mass is 10.2. The molecule has 0 aliphatic carbocycles. The van der Waals surface area contributed by atoms with Gasteiger partial charge in [0.2, 0.25) is 0 Å². The third-order valence-corrected chi connectivity index (χ3v) is 2.03. The van der Waals surface area contributed by atoms with Crippen LogP contribution in [0.15, 0.2) is 12.7 Å². The van der Waals surface area contributed by atoms with Crippen molar-refractivity contribution >= 4 is 17.2 Å². The zero-order valence-electron chi connectivity index (χ0n) is 9.80. The number of thiocarbonyl (C=S) groups is 1. The molecule has 0 aromatic heterocycles. The highest BCUT2D eigenvalue weighted by atomic mass is 32.1. The van der Waals surface area contributed by atoms with E-state index in [-0.39, 0.29) is 0 Å². The molecule has 0 spiro atoms. The standard InChI is InChI=1S/C7H15NOS.C4H8/c1-6(2)7(10)8-4-5-9-3;1-3-4-2/h6H,4-5H2,1-3H3,(H,8,10);3H,1,4H2,2H3. The molecule has 0 radical (unpaired) electrons. The SMILES string of the molecule is C=CCC.COCCNC(=S)C(C)C. The quantitative estimate of drug-likeness (QED) is 0.435. The van der Waals surface area contributed by atoms with Crippen molar-refractivity contribution in [2.75, 3.05) is 20.3 Å². The van der Waals surface area contributed by atoms with E-state index in [9.17, 15) is 0 Å². The van der Waals surface area contributed by atoms with Crippen molar-refractivity contribution in [3.8, 4) is 0 Å². The van der Waals surface area contributed by atoms with Crippen molar-refractivity contribution < 1.29 is 4.74 Å². The Morgan fingerprint density at radius 2 is 2.07 bits per heavy atom. The van der Waals surface area contributed by atoms with Crippen LogP contribution >= 0.6 is 12.2 Å². The number of rotatable bonds is 5. The van der Waals surface area contributed by atoms with E-state index in [0.29, 0.717) is 12.5 Å². The van der Waals surface area contributed by atoms with Crippen LogP contribution in [0.5, 0.6) is 0 Å². The molecule has 0 rings (SSSR count). The van der Waals surface area contributed by atoms with Crippen LogP contribution in [-0.4, -0.2) is 25.2 Å². The molecule has 3 heteroatoms. The second-order valence-electron chi connectivity index (χ2n) is 3.14. The van der Waals surface area contributed by atoms with Gasteiger partial charge < -0.3 is 10.1 Å². The van der Waals surface area contributed by atoms with E-state index < -0.39 is 0 Å². The molecule has 0 aromatic rings. The van der Waals surface area contributed by atoms with Gasteiger partial charge in [0.15, 0.2) is 0 Å². The Morgan fingerprint density at radius 1 is 1.57 bits per heavy atom. The molecule has 0 heterocycles. The first kappa shape index (κ1) is 16.0. The van der Waals surface area contributed by atoms with E-state index in [0.717, 1.165) is 18.0 Å². The fraction of sp³-hybridized carbons (Fsp3) is 0.727. The van der Waals surface area contributed by atoms with Crippen molar-refractivity contribution in [1.29, 1.82) is 0 Å². The summed E-state index contributed by atoms with van der Waals surface area (Å²) in [5, 5.41) is 3.09. The predicted molar refractivity (Wildman–Crippen MR) is 67.8 cm³/mol. The molecule has 0 aromatic carbocycles. The highest BCUT2D eigenvalue weighted by molar-refractivity contribution is 7.80. The number of hydrogen-bond acceptors (Lipinski definition) is 2. The molecule has 0 amide bonds. The second-order valence-corrected chi connectivity index (χ2v) is 3.58. The summed E-state index contributed by atoms with van der Waals surface area (Å²) in [5.41, 5.74) is 0. The van der Waals surface area contributed by atoms with Gasteiger partial charge in [0.05, 0.1) is 11.6 Å². The molecule has 0 atom stereocenters. The minimum absolute atomic E-state index is 0.437. The average Bonchev–Trinajstić information content (AvgIpc) is 2.18. The summed E-state index contributed by atoms with van der Waals surface area (Å²) in [5.74, 6) is 0.437. The van der Waals surface area contributed by atoms with Crippen LogP contribution in [0, 0.1) is 5.92 Å². The molecule has 0 aliphatic heterocycles. The molecule has 84 valence electrons. The molecule has 0 bridgehead atoms. The summed E-state index contributed by atoms with van der Waals surface area (Å²) < 4.78 is 4.85. The molecular formula is C11H23NOS. The van der Waals surface area contributed by atoms with Gasteiger partial charge in [-0.15, -0.1) is 6.58 Å². The van der Waals surface area contributed by atoms with Gasteiger partial charge >= 0.3 is 0 Å². The molecule has 0 aliphatic rings. The Balaban J connectivity index is 0. The van der Waals surface area contributed by atoms with E-state index in [1.165, 1.54) is 0 Å². The van der Waals surface area contributed by atoms with Crippen molar-refractivity contribution in [1.82, 2.24) is 5.32 Å². The van der Waals surface area contributed by atoms with Crippen molar-refractivity contribution in [3.05, 3.63) is 12.7 Å². The lowest BCUT2D eigenvalue weighted by molar-refractivity contribution is 0.204. The number of ether oxygens (including phenoxy) is 1. The summed E-state index contributed by atoms with van der Waals surface area (Å²) in [6.07, 6.45) is 2.96. The molecule has 0 unspecified atom stereocenters. The topological polar surface area (TPSA) is 21.3 Å². The number of methoxy groups -OCH3 is 1. The van der Waals surface area contributed by atoms with E-state index in [4.69, 9.17) is 17.0 Å². The zero-order valence-corrected chi connectivity index (χ0v) is 10.6. The lowest BCUT2D eigenvalue weighted by Gasteiger charge is -2.09. The minimum atomic E-state index is 0.437. The Bertz CT molecular complexity index is 146. The van der Waals surface area contributed by atoms with Gasteiger partial charge in [0, 0.05) is 19.6 Å². The van der Waals surface area contributed by atoms with Crippen LogP contribution in [0.25, 0.3) is 0 Å². The first-order valence-corrected chi connectivity index (χ1v) is 5.38. The van der Waals surface area contributed by atoms with Crippen molar-refractivity contribution in [2.45, 2.75) is 27.2 Å². The summed E-state index contributed by atoms with van der Waals surface area (Å²) in [4.78, 5) is 0.914. The minimum Gasteiger partial charge on any atom is -0.383 e. The summed E-state index contributed by atoms with van der Waals surface area (Å²) in [6, 6.07) is 0. The molecule has 0 saturated carbocycles. The largest absolute Gasteiger partial charge is 0.383 e. The first-order chi connectivity index (χ1) is 6.59. The van der Waals surface area contributed by atoms with E-state index >= 15 is 0 Å². The van der Waals surface area contributed by atoms with Crippen molar-refractivity contribution in [2.24, 2.45) is 5.92 Å². The van der Waals surface area contributed by atoms with E-state index in [1.807, 2.05) is 6.08 Å². The monoisotopic (exact) mass is 217 g/mol. The van der Waals surface area contributed by atoms with Crippen LogP contribution in [0.1, 0.15) is 27.2 Å². The van der Waals surface area contributed by atoms with E-state index in [1.54, 1.807) is 7.11 Å². The normalized spacial score (nSPS) is 8.93. The Labute approximate surface area is 93.7 Å². The summed E-state index contributed by atoms with van der Waals surface area (Å²) in [7, 11) is 1.68. The number of hydrogen-bond donors (Lipinski definition) is 1. The lowest BCUT2D eigenvalue weighted by Crippen LogP contribution is -2.28. The Kier molecular flexibility index (Phi) is 14.4. The molecule has 0 fully saturated rings. The van der Waals surface area contributed by atoms with Gasteiger partial charge in [-0.05, 0) is 6.42 Å². The Hall–Kier alpha value is -0.410. The predicted octanol–water partition coefficient (Wildman–Crippen LogP) is 2.79. The van der Waals surface area contributed by atoms with Crippen LogP contribution in [0.4, 0.5) is 0 Å². The van der Waals surface area contributed by atoms with Crippen LogP contribution in [-0.2, 0) is 4.74 Å². The maximum atomic E-state index is 5.02. The summed E-state index contributed by atoms with van der Waals surface area (Å²) in [6.45, 7) is 11.2. The number of nitrogens with one attached hydrogen (secondary N) is 1. The number of allylic oxidation sites excluding steroid dienone is 1. The van der Waals surface area contributed by atoms with Crippen LogP contribution < -0.4 is 5.32 Å². The highest BCUT2D eigenvalue weighted by Crippen LogP contribution is 1.92. The van der Waals surface area contributed by atoms with Crippen LogP contribution in [0.3, 0.4) is 0 Å². The maximum Gasteiger partial charge on any atom is 0.0779 e. The third-order valence-electron chi connectivity index (χ3n) is 1.42. The molecule has 14 heavy (non-hydrogen) atoms. The Morgan fingerprint density at radius 3 is 2.36 bits per heavy atom. The molecular weight excluding hydrogens is 194 g/mol. The highest BCUT2D eigenvalue weighted by Gasteiger charge is 1.98. The molecule has 1 N–H and O–H groups in total. The van der Waals surface area contributed by atoms with Crippen molar-refractivity contribution in [3.63, 3.8) is 0 Å². The zero-order chi connectivity index (χ0) is 11.4. The average molecular weight is 217 g/mol. The van der Waals surface area contributed by atoms with Gasteiger partial charge in [0.1, 0.15) is 0 Å². The van der Waals surface area contributed by atoms with Gasteiger partial charge in [-0.25, -0.2) is 0 Å². The fourth-order valence-electron chi connectivity index (χ4n) is 0.480. The first-order valence-electron chi connectivity index (χ1n) is 4.97. The second kappa shape index (κ2) is 12.6. The fourth-order valence-corrected chi connectivity index (χ4v) is 0.582. The maximum absolute atomic E-state index is 5.02. The van der Waals surface area contributed by atoms with Gasteiger partial charge in [-0.2, -0.15) is 0 Å². The smallest absolute Gasteiger partial charge is 0.0779 e. The van der Waals surface area contributed by atoms with Gasteiger partial charge in [-0.3, -0.25) is 0 Å². The van der Waals surface area contributed by atoms with Crippen LogP contribution in [0.2, 0.25) is 0 Å². The third kappa shape index (κ3) is 14.1. The van der Waals surface area contributed by atoms with Gasteiger partial charge in [0.25, 0.3) is 0 Å². The van der Waals surface area contributed by atoms with E-state index in [2.05, 4.69) is 32.7 Å².